The van der Waals surface area contributed by atoms with Crippen LogP contribution < -0.4 is 5.32 Å². The molecule has 0 bridgehead atoms. The molecule has 1 aromatic carbocycles. The summed E-state index contributed by atoms with van der Waals surface area (Å²) in [4.78, 5) is 23.3. The number of nitrogens with one attached hydrogen (secondary N) is 1. The van der Waals surface area contributed by atoms with Gasteiger partial charge in [-0.05, 0) is 24.3 Å². The number of hydrogen-bond donors (Lipinski definition) is 2. The summed E-state index contributed by atoms with van der Waals surface area (Å²) in [5, 5.41) is 19.5. The molecule has 2 rings (SSSR count). The van der Waals surface area contributed by atoms with Gasteiger partial charge in [0.25, 0.3) is 0 Å². The number of carboxylic acid groups (broad SMARTS) is 1. The topological polar surface area (TPSA) is 97.1 Å². The van der Waals surface area contributed by atoms with Crippen LogP contribution in [0, 0.1) is 0 Å². The summed E-state index contributed by atoms with van der Waals surface area (Å²) >= 11 is 7.38. The largest absolute Gasteiger partial charge is 0.480 e. The molecule has 2 aromatic rings. The fourth-order valence-corrected chi connectivity index (χ4v) is 2.68. The quantitative estimate of drug-likeness (QED) is 0.702. The van der Waals surface area contributed by atoms with Gasteiger partial charge >= 0.3 is 5.97 Å². The van der Waals surface area contributed by atoms with Gasteiger partial charge in [0.2, 0.25) is 5.91 Å². The van der Waals surface area contributed by atoms with Gasteiger partial charge in [-0.3, -0.25) is 9.59 Å². The molecule has 0 saturated heterocycles. The average Bonchev–Trinajstić information content (AvgIpc) is 2.94. The van der Waals surface area contributed by atoms with E-state index in [2.05, 4.69) is 15.6 Å². The number of aliphatic carboxylic acids is 1. The Kier molecular flexibility index (Phi) is 6.42. The molecule has 2 N–H and O–H groups in total. The lowest BCUT2D eigenvalue weighted by Gasteiger charge is -2.03. The molecule has 0 aliphatic carbocycles. The minimum absolute atomic E-state index is 0.0979. The van der Waals surface area contributed by atoms with Crippen LogP contribution in [0.5, 0.6) is 0 Å². The Hall–Kier alpha value is -2.06. The van der Waals surface area contributed by atoms with E-state index in [-0.39, 0.29) is 19.0 Å². The summed E-state index contributed by atoms with van der Waals surface area (Å²) in [6.07, 6.45) is 1.87. The van der Waals surface area contributed by atoms with Crippen molar-refractivity contribution in [3.63, 3.8) is 0 Å². The Labute approximate surface area is 142 Å². The van der Waals surface area contributed by atoms with E-state index in [1.165, 1.54) is 10.9 Å². The highest BCUT2D eigenvalue weighted by molar-refractivity contribution is 7.99. The van der Waals surface area contributed by atoms with Crippen molar-refractivity contribution in [1.29, 1.82) is 0 Å². The van der Waals surface area contributed by atoms with Crippen molar-refractivity contribution in [3.8, 4) is 0 Å². The standard InChI is InChI=1S/C14H15ClN4O3S/c15-10-1-3-12(4-2-10)23-6-5-13(20)16-7-11-8-19(18-17-11)9-14(21)22/h1-4,8H,5-7,9H2,(H,16,20)(H,21,22). The summed E-state index contributed by atoms with van der Waals surface area (Å²) in [6.45, 7) is -0.0251. The molecule has 1 aromatic heterocycles. The first-order chi connectivity index (χ1) is 11.0. The number of rotatable bonds is 8. The maximum atomic E-state index is 11.8. The molecule has 0 atom stereocenters. The fraction of sp³-hybridized carbons (Fsp3) is 0.286. The number of carbonyl (C=O) groups excluding carboxylic acids is 1. The third-order valence-electron chi connectivity index (χ3n) is 2.76. The first kappa shape index (κ1) is 17.3. The Morgan fingerprint density at radius 2 is 2.04 bits per heavy atom. The molecule has 23 heavy (non-hydrogen) atoms. The van der Waals surface area contributed by atoms with Gasteiger partial charge in [-0.25, -0.2) is 4.68 Å². The molecule has 0 unspecified atom stereocenters. The summed E-state index contributed by atoms with van der Waals surface area (Å²) in [5.74, 6) is -0.442. The summed E-state index contributed by atoms with van der Waals surface area (Å²) < 4.78 is 1.21. The zero-order chi connectivity index (χ0) is 16.7. The summed E-state index contributed by atoms with van der Waals surface area (Å²) in [7, 11) is 0. The number of carbonyl (C=O) groups is 2. The van der Waals surface area contributed by atoms with Crippen molar-refractivity contribution >= 4 is 35.2 Å². The number of thioether (sulfide) groups is 1. The van der Waals surface area contributed by atoms with Crippen LogP contribution in [0.25, 0.3) is 0 Å². The molecular weight excluding hydrogens is 340 g/mol. The van der Waals surface area contributed by atoms with Crippen molar-refractivity contribution in [3.05, 3.63) is 41.2 Å². The van der Waals surface area contributed by atoms with Crippen LogP contribution >= 0.6 is 23.4 Å². The predicted octanol–water partition coefficient (Wildman–Crippen LogP) is 1.81. The van der Waals surface area contributed by atoms with Gasteiger partial charge in [-0.2, -0.15) is 0 Å². The number of amides is 1. The molecule has 9 heteroatoms. The minimum atomic E-state index is -0.996. The number of nitrogens with zero attached hydrogens (tertiary/aromatic N) is 3. The number of benzene rings is 1. The molecule has 0 radical (unpaired) electrons. The van der Waals surface area contributed by atoms with E-state index in [0.717, 1.165) is 4.90 Å². The Morgan fingerprint density at radius 1 is 1.30 bits per heavy atom. The monoisotopic (exact) mass is 354 g/mol. The number of halogens is 1. The lowest BCUT2D eigenvalue weighted by atomic mass is 10.4. The summed E-state index contributed by atoms with van der Waals surface area (Å²) in [6, 6.07) is 7.44. The van der Waals surface area contributed by atoms with Crippen LogP contribution in [-0.2, 0) is 22.7 Å². The molecular formula is C14H15ClN4O3S. The van der Waals surface area contributed by atoms with Gasteiger partial charge in [0, 0.05) is 22.1 Å². The number of carboxylic acids is 1. The second kappa shape index (κ2) is 8.54. The third kappa shape index (κ3) is 6.29. The summed E-state index contributed by atoms with van der Waals surface area (Å²) in [5.41, 5.74) is 0.518. The van der Waals surface area contributed by atoms with Gasteiger partial charge < -0.3 is 10.4 Å². The van der Waals surface area contributed by atoms with Crippen LogP contribution in [0.2, 0.25) is 5.02 Å². The highest BCUT2D eigenvalue weighted by atomic mass is 35.5. The predicted molar refractivity (Wildman–Crippen MR) is 86.3 cm³/mol. The normalized spacial score (nSPS) is 10.5. The number of hydrogen-bond acceptors (Lipinski definition) is 5. The number of aromatic nitrogens is 3. The SMILES string of the molecule is O=C(O)Cn1cc(CNC(=O)CCSc2ccc(Cl)cc2)nn1. The maximum absolute atomic E-state index is 11.8. The molecule has 1 amide bonds. The average molecular weight is 355 g/mol. The molecule has 0 aliphatic heterocycles. The first-order valence-corrected chi connectivity index (χ1v) is 8.15. The van der Waals surface area contributed by atoms with Crippen molar-refractivity contribution in [1.82, 2.24) is 20.3 Å². The van der Waals surface area contributed by atoms with E-state index in [4.69, 9.17) is 16.7 Å². The van der Waals surface area contributed by atoms with Crippen molar-refractivity contribution in [2.45, 2.75) is 24.4 Å². The van der Waals surface area contributed by atoms with Crippen LogP contribution in [0.15, 0.2) is 35.4 Å². The van der Waals surface area contributed by atoms with Crippen LogP contribution in [-0.4, -0.2) is 37.7 Å². The van der Waals surface area contributed by atoms with Gasteiger partial charge in [0.15, 0.2) is 0 Å². The van der Waals surface area contributed by atoms with E-state index >= 15 is 0 Å². The molecule has 0 aliphatic rings. The van der Waals surface area contributed by atoms with E-state index < -0.39 is 5.97 Å². The Morgan fingerprint density at radius 3 is 2.74 bits per heavy atom. The van der Waals surface area contributed by atoms with E-state index in [0.29, 0.717) is 22.9 Å². The Balaban J connectivity index is 1.67. The van der Waals surface area contributed by atoms with Crippen molar-refractivity contribution in [2.24, 2.45) is 0 Å². The van der Waals surface area contributed by atoms with Gasteiger partial charge in [0.1, 0.15) is 12.2 Å². The zero-order valence-corrected chi connectivity index (χ0v) is 13.7. The second-order valence-corrected chi connectivity index (χ2v) is 6.24. The van der Waals surface area contributed by atoms with Crippen LogP contribution in [0.3, 0.4) is 0 Å². The zero-order valence-electron chi connectivity index (χ0n) is 12.1. The lowest BCUT2D eigenvalue weighted by molar-refractivity contribution is -0.138. The highest BCUT2D eigenvalue weighted by Gasteiger charge is 2.06. The van der Waals surface area contributed by atoms with E-state index in [9.17, 15) is 9.59 Å². The Bertz CT molecular complexity index is 675. The van der Waals surface area contributed by atoms with Crippen molar-refractivity contribution in [2.75, 3.05) is 5.75 Å². The van der Waals surface area contributed by atoms with E-state index in [1.807, 2.05) is 24.3 Å². The highest BCUT2D eigenvalue weighted by Crippen LogP contribution is 2.20. The fourth-order valence-electron chi connectivity index (χ4n) is 1.71. The minimum Gasteiger partial charge on any atom is -0.480 e. The first-order valence-electron chi connectivity index (χ1n) is 6.79. The molecule has 7 nitrogen and oxygen atoms in total. The molecule has 0 fully saturated rings. The van der Waals surface area contributed by atoms with Gasteiger partial charge in [0.05, 0.1) is 12.7 Å². The third-order valence-corrected chi connectivity index (χ3v) is 4.03. The van der Waals surface area contributed by atoms with Crippen LogP contribution in [0.1, 0.15) is 12.1 Å². The molecule has 1 heterocycles. The maximum Gasteiger partial charge on any atom is 0.325 e. The molecule has 0 spiro atoms. The van der Waals surface area contributed by atoms with Crippen molar-refractivity contribution < 1.29 is 14.7 Å². The molecule has 122 valence electrons. The smallest absolute Gasteiger partial charge is 0.325 e. The van der Waals surface area contributed by atoms with Gasteiger partial charge in [-0.15, -0.1) is 16.9 Å². The van der Waals surface area contributed by atoms with Gasteiger partial charge in [-0.1, -0.05) is 16.8 Å². The molecule has 0 saturated carbocycles. The van der Waals surface area contributed by atoms with Crippen LogP contribution in [0.4, 0.5) is 0 Å². The lowest BCUT2D eigenvalue weighted by Crippen LogP contribution is -2.23. The van der Waals surface area contributed by atoms with E-state index in [1.54, 1.807) is 11.8 Å². The second-order valence-electron chi connectivity index (χ2n) is 4.63.